The Morgan fingerprint density at radius 2 is 1.95 bits per heavy atom. The monoisotopic (exact) mass is 315 g/mol. The summed E-state index contributed by atoms with van der Waals surface area (Å²) in [6, 6.07) is 8.67. The highest BCUT2D eigenvalue weighted by Crippen LogP contribution is 2.44. The molecule has 0 amide bonds. The molecule has 0 N–H and O–H groups in total. The second-order valence-electron chi connectivity index (χ2n) is 4.36. The Bertz CT molecular complexity index is 759. The van der Waals surface area contributed by atoms with Gasteiger partial charge >= 0.3 is 0 Å². The molecule has 1 aliphatic rings. The third-order valence-corrected chi connectivity index (χ3v) is 5.71. The van der Waals surface area contributed by atoms with Gasteiger partial charge in [-0.3, -0.25) is 4.31 Å². The first-order valence-corrected chi connectivity index (χ1v) is 8.22. The van der Waals surface area contributed by atoms with Crippen molar-refractivity contribution < 1.29 is 8.42 Å². The van der Waals surface area contributed by atoms with Gasteiger partial charge in [0, 0.05) is 28.2 Å². The summed E-state index contributed by atoms with van der Waals surface area (Å²) in [5.74, 6) is 0.430. The second kappa shape index (κ2) is 4.54. The first kappa shape index (κ1) is 13.0. The summed E-state index contributed by atoms with van der Waals surface area (Å²) in [5.41, 5.74) is 0.695. The summed E-state index contributed by atoms with van der Waals surface area (Å²) in [7, 11) is -3.47. The Morgan fingerprint density at radius 1 is 1.16 bits per heavy atom. The van der Waals surface area contributed by atoms with Crippen LogP contribution in [0.25, 0.3) is 10.8 Å². The van der Waals surface area contributed by atoms with Crippen LogP contribution in [0.3, 0.4) is 0 Å². The molecule has 0 radical (unpaired) electrons. The van der Waals surface area contributed by atoms with E-state index in [4.69, 9.17) is 23.2 Å². The van der Waals surface area contributed by atoms with Crippen LogP contribution >= 0.6 is 23.2 Å². The molecular weight excluding hydrogens is 305 g/mol. The fourth-order valence-electron chi connectivity index (χ4n) is 2.43. The van der Waals surface area contributed by atoms with Crippen LogP contribution in [0, 0.1) is 0 Å². The quantitative estimate of drug-likeness (QED) is 0.811. The molecule has 19 heavy (non-hydrogen) atoms. The normalized spacial score (nSPS) is 16.2. The SMILES string of the molecule is O=S1(=O)c2cccc3c(Cl)ccc(c23)N1CCCCl. The van der Waals surface area contributed by atoms with Crippen molar-refractivity contribution in [1.29, 1.82) is 0 Å². The molecule has 0 unspecified atom stereocenters. The molecular formula is C13H11Cl2NO2S. The van der Waals surface area contributed by atoms with Crippen molar-refractivity contribution in [2.24, 2.45) is 0 Å². The summed E-state index contributed by atoms with van der Waals surface area (Å²) < 4.78 is 26.5. The highest BCUT2D eigenvalue weighted by Gasteiger charge is 2.35. The van der Waals surface area contributed by atoms with Gasteiger partial charge in [0.25, 0.3) is 10.0 Å². The summed E-state index contributed by atoms with van der Waals surface area (Å²) in [5, 5.41) is 2.05. The summed E-state index contributed by atoms with van der Waals surface area (Å²) in [6.45, 7) is 0.386. The molecule has 0 atom stereocenters. The number of rotatable bonds is 3. The molecule has 3 rings (SSSR count). The van der Waals surface area contributed by atoms with Gasteiger partial charge in [0.1, 0.15) is 0 Å². The minimum atomic E-state index is -3.47. The average molecular weight is 316 g/mol. The smallest absolute Gasteiger partial charge is 0.265 e. The molecule has 0 fully saturated rings. The predicted molar refractivity (Wildman–Crippen MR) is 78.8 cm³/mol. The van der Waals surface area contributed by atoms with Crippen LogP contribution in [0.15, 0.2) is 35.2 Å². The molecule has 100 valence electrons. The van der Waals surface area contributed by atoms with Gasteiger partial charge in [0.05, 0.1) is 10.6 Å². The van der Waals surface area contributed by atoms with Gasteiger partial charge in [-0.15, -0.1) is 11.6 Å². The van der Waals surface area contributed by atoms with Crippen LogP contribution in [0.4, 0.5) is 5.69 Å². The van der Waals surface area contributed by atoms with Crippen LogP contribution in [0.5, 0.6) is 0 Å². The largest absolute Gasteiger partial charge is 0.266 e. The Kier molecular flexibility index (Phi) is 3.12. The molecule has 2 aromatic carbocycles. The van der Waals surface area contributed by atoms with Crippen LogP contribution in [0.2, 0.25) is 5.02 Å². The number of hydrogen-bond donors (Lipinski definition) is 0. The number of nitrogens with zero attached hydrogens (tertiary/aromatic N) is 1. The van der Waals surface area contributed by atoms with Crippen molar-refractivity contribution in [3.63, 3.8) is 0 Å². The molecule has 0 bridgehead atoms. The fourth-order valence-corrected chi connectivity index (χ4v) is 4.52. The molecule has 0 saturated carbocycles. The van der Waals surface area contributed by atoms with Crippen LogP contribution in [-0.2, 0) is 10.0 Å². The van der Waals surface area contributed by atoms with Gasteiger partial charge in [0.2, 0.25) is 0 Å². The van der Waals surface area contributed by atoms with Crippen molar-refractivity contribution >= 4 is 49.7 Å². The van der Waals surface area contributed by atoms with E-state index in [9.17, 15) is 8.42 Å². The van der Waals surface area contributed by atoms with E-state index >= 15 is 0 Å². The van der Waals surface area contributed by atoms with E-state index in [0.29, 0.717) is 39.8 Å². The maximum atomic E-state index is 12.5. The van der Waals surface area contributed by atoms with Crippen LogP contribution in [-0.4, -0.2) is 20.8 Å². The zero-order valence-electron chi connectivity index (χ0n) is 9.94. The van der Waals surface area contributed by atoms with Crippen molar-refractivity contribution in [1.82, 2.24) is 0 Å². The maximum absolute atomic E-state index is 12.5. The summed E-state index contributed by atoms with van der Waals surface area (Å²) >= 11 is 11.8. The number of benzene rings is 2. The van der Waals surface area contributed by atoms with Crippen molar-refractivity contribution in [2.45, 2.75) is 11.3 Å². The van der Waals surface area contributed by atoms with E-state index in [1.807, 2.05) is 6.07 Å². The van der Waals surface area contributed by atoms with Crippen LogP contribution in [0.1, 0.15) is 6.42 Å². The number of hydrogen-bond acceptors (Lipinski definition) is 2. The first-order valence-electron chi connectivity index (χ1n) is 5.87. The molecule has 1 aliphatic heterocycles. The number of alkyl halides is 1. The lowest BCUT2D eigenvalue weighted by Gasteiger charge is -2.18. The highest BCUT2D eigenvalue weighted by atomic mass is 35.5. The minimum Gasteiger partial charge on any atom is -0.266 e. The predicted octanol–water partition coefficient (Wildman–Crippen LogP) is 3.63. The molecule has 0 aromatic heterocycles. The Labute approximate surface area is 121 Å². The van der Waals surface area contributed by atoms with E-state index in [-0.39, 0.29) is 0 Å². The van der Waals surface area contributed by atoms with Gasteiger partial charge in [-0.05, 0) is 24.6 Å². The molecule has 1 heterocycles. The lowest BCUT2D eigenvalue weighted by Crippen LogP contribution is -2.28. The number of halogens is 2. The Balaban J connectivity index is 2.31. The molecule has 2 aromatic rings. The zero-order valence-corrected chi connectivity index (χ0v) is 12.3. The van der Waals surface area contributed by atoms with E-state index in [1.165, 1.54) is 4.31 Å². The second-order valence-corrected chi connectivity index (χ2v) is 6.98. The molecule has 3 nitrogen and oxygen atoms in total. The molecule has 0 spiro atoms. The maximum Gasteiger partial charge on any atom is 0.265 e. The molecule has 0 aliphatic carbocycles. The third kappa shape index (κ3) is 1.82. The van der Waals surface area contributed by atoms with E-state index in [2.05, 4.69) is 0 Å². The van der Waals surface area contributed by atoms with Crippen molar-refractivity contribution in [2.75, 3.05) is 16.7 Å². The first-order chi connectivity index (χ1) is 9.07. The van der Waals surface area contributed by atoms with E-state index in [1.54, 1.807) is 24.3 Å². The van der Waals surface area contributed by atoms with Crippen molar-refractivity contribution in [3.8, 4) is 0 Å². The zero-order chi connectivity index (χ0) is 13.6. The van der Waals surface area contributed by atoms with Gasteiger partial charge in [-0.1, -0.05) is 23.7 Å². The Morgan fingerprint density at radius 3 is 2.68 bits per heavy atom. The summed E-state index contributed by atoms with van der Waals surface area (Å²) in [6.07, 6.45) is 0.610. The Hall–Kier alpha value is -0.970. The minimum absolute atomic E-state index is 0.331. The highest BCUT2D eigenvalue weighted by molar-refractivity contribution is 7.93. The topological polar surface area (TPSA) is 37.4 Å². The van der Waals surface area contributed by atoms with E-state index in [0.717, 1.165) is 5.39 Å². The fraction of sp³-hybridized carbons (Fsp3) is 0.231. The standard InChI is InChI=1S/C13H11Cl2NO2S/c14-7-2-8-16-11-6-5-10(15)9-3-1-4-12(13(9)11)19(16,17)18/h1,3-6H,2,7-8H2. The molecule has 0 saturated heterocycles. The van der Waals surface area contributed by atoms with Gasteiger partial charge in [-0.25, -0.2) is 8.42 Å². The number of sulfonamides is 1. The lowest BCUT2D eigenvalue weighted by molar-refractivity contribution is 0.593. The van der Waals surface area contributed by atoms with Gasteiger partial charge < -0.3 is 0 Å². The molecule has 6 heteroatoms. The lowest BCUT2D eigenvalue weighted by atomic mass is 10.1. The van der Waals surface area contributed by atoms with E-state index < -0.39 is 10.0 Å². The average Bonchev–Trinajstić information content (AvgIpc) is 2.61. The van der Waals surface area contributed by atoms with Gasteiger partial charge in [0.15, 0.2) is 0 Å². The van der Waals surface area contributed by atoms with Gasteiger partial charge in [-0.2, -0.15) is 0 Å². The number of anilines is 1. The van der Waals surface area contributed by atoms with Crippen molar-refractivity contribution in [3.05, 3.63) is 35.4 Å². The third-order valence-electron chi connectivity index (χ3n) is 3.26. The summed E-state index contributed by atoms with van der Waals surface area (Å²) in [4.78, 5) is 0.331. The van der Waals surface area contributed by atoms with Crippen LogP contribution < -0.4 is 4.31 Å².